The minimum atomic E-state index is -0.755. The second-order valence-corrected chi connectivity index (χ2v) is 6.63. The molecule has 0 amide bonds. The van der Waals surface area contributed by atoms with Crippen LogP contribution in [0.2, 0.25) is 0 Å². The third kappa shape index (κ3) is 4.46. The summed E-state index contributed by atoms with van der Waals surface area (Å²) in [5.41, 5.74) is 1.37. The molecule has 0 bridgehead atoms. The summed E-state index contributed by atoms with van der Waals surface area (Å²) in [5.74, 6) is -1.25. The number of hydrogen-bond acceptors (Lipinski definition) is 5. The Kier molecular flexibility index (Phi) is 7.08. The summed E-state index contributed by atoms with van der Waals surface area (Å²) in [7, 11) is 1.24. The summed E-state index contributed by atoms with van der Waals surface area (Å²) in [6.45, 7) is 0.874. The van der Waals surface area contributed by atoms with Gasteiger partial charge in [0.1, 0.15) is 5.82 Å². The Hall–Kier alpha value is -3.33. The number of pyridine rings is 1. The van der Waals surface area contributed by atoms with E-state index in [2.05, 4.69) is 9.97 Å². The van der Waals surface area contributed by atoms with E-state index in [9.17, 15) is 8.78 Å². The van der Waals surface area contributed by atoms with Crippen LogP contribution in [0.15, 0.2) is 49.1 Å². The number of rotatable bonds is 5. The zero-order valence-corrected chi connectivity index (χ0v) is 16.2. The highest BCUT2D eigenvalue weighted by atomic mass is 19.1. The van der Waals surface area contributed by atoms with Gasteiger partial charge in [0.2, 0.25) is 0 Å². The molecular formula is C21H21F2N3O4. The highest BCUT2D eigenvalue weighted by Gasteiger charge is 2.32. The van der Waals surface area contributed by atoms with E-state index in [1.807, 2.05) is 22.9 Å². The first kappa shape index (κ1) is 21.4. The van der Waals surface area contributed by atoms with Gasteiger partial charge in [-0.2, -0.15) is 0 Å². The summed E-state index contributed by atoms with van der Waals surface area (Å²) in [4.78, 5) is 16.7. The van der Waals surface area contributed by atoms with Crippen molar-refractivity contribution < 1.29 is 28.2 Å². The van der Waals surface area contributed by atoms with Crippen molar-refractivity contribution in [3.05, 3.63) is 66.3 Å². The molecule has 1 aliphatic heterocycles. The molecule has 158 valence electrons. The molecule has 0 saturated carbocycles. The monoisotopic (exact) mass is 417 g/mol. The average molecular weight is 417 g/mol. The maximum absolute atomic E-state index is 14.8. The van der Waals surface area contributed by atoms with Crippen molar-refractivity contribution in [2.45, 2.75) is 12.5 Å². The van der Waals surface area contributed by atoms with Crippen LogP contribution < -0.4 is 4.74 Å². The molecule has 2 atom stereocenters. The third-order valence-electron chi connectivity index (χ3n) is 4.93. The van der Waals surface area contributed by atoms with Gasteiger partial charge in [0.25, 0.3) is 6.47 Å². The van der Waals surface area contributed by atoms with Crippen molar-refractivity contribution in [1.29, 1.82) is 0 Å². The SMILES string of the molecule is COc1c(F)ccc(-c2nccn2[C@@H]2COC[C@@H]2Cc2ccncc2)c1F.O=CO. The van der Waals surface area contributed by atoms with Gasteiger partial charge in [-0.3, -0.25) is 9.78 Å². The number of benzene rings is 1. The van der Waals surface area contributed by atoms with Gasteiger partial charge >= 0.3 is 0 Å². The van der Waals surface area contributed by atoms with E-state index in [-0.39, 0.29) is 24.0 Å². The molecule has 3 aromatic rings. The summed E-state index contributed by atoms with van der Waals surface area (Å²) in [5, 5.41) is 6.89. The van der Waals surface area contributed by atoms with E-state index in [1.54, 1.807) is 18.6 Å². The van der Waals surface area contributed by atoms with Crippen molar-refractivity contribution in [3.63, 3.8) is 0 Å². The predicted octanol–water partition coefficient (Wildman–Crippen LogP) is 3.36. The zero-order valence-electron chi connectivity index (χ0n) is 16.2. The molecule has 2 aromatic heterocycles. The Labute approximate surface area is 171 Å². The van der Waals surface area contributed by atoms with E-state index in [0.29, 0.717) is 19.0 Å². The average Bonchev–Trinajstić information content (AvgIpc) is 3.39. The first-order chi connectivity index (χ1) is 14.6. The maximum Gasteiger partial charge on any atom is 0.290 e. The fourth-order valence-electron chi connectivity index (χ4n) is 3.59. The van der Waals surface area contributed by atoms with Gasteiger partial charge in [0, 0.05) is 30.7 Å². The molecule has 9 heteroatoms. The molecule has 0 aliphatic carbocycles. The van der Waals surface area contributed by atoms with Crippen molar-refractivity contribution in [2.24, 2.45) is 5.92 Å². The van der Waals surface area contributed by atoms with Gasteiger partial charge in [-0.25, -0.2) is 13.8 Å². The summed E-state index contributed by atoms with van der Waals surface area (Å²) >= 11 is 0. The smallest absolute Gasteiger partial charge is 0.290 e. The highest BCUT2D eigenvalue weighted by molar-refractivity contribution is 5.60. The fraction of sp³-hybridized carbons (Fsp3) is 0.286. The zero-order chi connectivity index (χ0) is 21.5. The number of imidazole rings is 1. The summed E-state index contributed by atoms with van der Waals surface area (Å²) in [6, 6.07) is 6.55. The minimum absolute atomic E-state index is 0.00566. The van der Waals surface area contributed by atoms with Crippen LogP contribution in [0.4, 0.5) is 8.78 Å². The van der Waals surface area contributed by atoms with Crippen molar-refractivity contribution >= 4 is 6.47 Å². The molecule has 1 aliphatic rings. The molecule has 4 rings (SSSR count). The lowest BCUT2D eigenvalue weighted by Crippen LogP contribution is -2.20. The normalized spacial score (nSPS) is 17.8. The third-order valence-corrected chi connectivity index (χ3v) is 4.93. The van der Waals surface area contributed by atoms with Crippen LogP contribution in [0, 0.1) is 17.6 Å². The number of ether oxygens (including phenoxy) is 2. The van der Waals surface area contributed by atoms with E-state index in [1.165, 1.54) is 24.8 Å². The van der Waals surface area contributed by atoms with Crippen LogP contribution in [0.5, 0.6) is 5.75 Å². The highest BCUT2D eigenvalue weighted by Crippen LogP contribution is 2.35. The van der Waals surface area contributed by atoms with Crippen LogP contribution in [-0.4, -0.2) is 46.4 Å². The molecule has 7 nitrogen and oxygen atoms in total. The van der Waals surface area contributed by atoms with Crippen molar-refractivity contribution in [3.8, 4) is 17.1 Å². The molecule has 3 heterocycles. The molecule has 1 aromatic carbocycles. The molecule has 0 spiro atoms. The number of carboxylic acid groups (broad SMARTS) is 1. The Bertz CT molecular complexity index is 982. The second kappa shape index (κ2) is 9.93. The second-order valence-electron chi connectivity index (χ2n) is 6.63. The topological polar surface area (TPSA) is 86.5 Å². The number of aromatic nitrogens is 3. The number of methoxy groups -OCH3 is 1. The number of nitrogens with zero attached hydrogens (tertiary/aromatic N) is 3. The maximum atomic E-state index is 14.8. The lowest BCUT2D eigenvalue weighted by atomic mass is 9.95. The van der Waals surface area contributed by atoms with Crippen LogP contribution in [0.25, 0.3) is 11.4 Å². The fourth-order valence-corrected chi connectivity index (χ4v) is 3.59. The quantitative estimate of drug-likeness (QED) is 0.641. The molecule has 0 radical (unpaired) electrons. The van der Waals surface area contributed by atoms with Gasteiger partial charge in [-0.1, -0.05) is 0 Å². The molecule has 1 saturated heterocycles. The molecular weight excluding hydrogens is 396 g/mol. The van der Waals surface area contributed by atoms with Crippen LogP contribution in [-0.2, 0) is 16.0 Å². The van der Waals surface area contributed by atoms with Gasteiger partial charge in [0.05, 0.1) is 31.9 Å². The van der Waals surface area contributed by atoms with E-state index < -0.39 is 17.4 Å². The number of hydrogen-bond donors (Lipinski definition) is 1. The predicted molar refractivity (Wildman–Crippen MR) is 104 cm³/mol. The van der Waals surface area contributed by atoms with Gasteiger partial charge in [0.15, 0.2) is 17.4 Å². The van der Waals surface area contributed by atoms with Crippen LogP contribution >= 0.6 is 0 Å². The first-order valence-corrected chi connectivity index (χ1v) is 9.20. The Morgan fingerprint density at radius 2 is 1.97 bits per heavy atom. The molecule has 1 fully saturated rings. The largest absolute Gasteiger partial charge is 0.491 e. The van der Waals surface area contributed by atoms with E-state index in [4.69, 9.17) is 19.4 Å². The number of carbonyl (C=O) groups is 1. The Balaban J connectivity index is 0.000000806. The number of halogens is 2. The Morgan fingerprint density at radius 1 is 1.23 bits per heavy atom. The van der Waals surface area contributed by atoms with Gasteiger partial charge in [-0.15, -0.1) is 0 Å². The van der Waals surface area contributed by atoms with Crippen molar-refractivity contribution in [2.75, 3.05) is 20.3 Å². The van der Waals surface area contributed by atoms with Gasteiger partial charge in [-0.05, 0) is 36.2 Å². The lowest BCUT2D eigenvalue weighted by molar-refractivity contribution is -0.122. The van der Waals surface area contributed by atoms with Crippen molar-refractivity contribution in [1.82, 2.24) is 14.5 Å². The summed E-state index contributed by atoms with van der Waals surface area (Å²) < 4.78 is 41.0. The summed E-state index contributed by atoms with van der Waals surface area (Å²) in [6.07, 6.45) is 7.78. The first-order valence-electron chi connectivity index (χ1n) is 9.20. The molecule has 30 heavy (non-hydrogen) atoms. The lowest BCUT2D eigenvalue weighted by Gasteiger charge is -2.21. The van der Waals surface area contributed by atoms with Crippen LogP contribution in [0.3, 0.4) is 0 Å². The molecule has 1 N–H and O–H groups in total. The molecule has 0 unspecified atom stereocenters. The van der Waals surface area contributed by atoms with E-state index in [0.717, 1.165) is 6.42 Å². The van der Waals surface area contributed by atoms with Crippen LogP contribution in [0.1, 0.15) is 11.6 Å². The van der Waals surface area contributed by atoms with Gasteiger partial charge < -0.3 is 19.1 Å². The Morgan fingerprint density at radius 3 is 2.67 bits per heavy atom. The standard InChI is InChI=1S/C20H19F2N3O2.CH2O2/c1-26-19-16(21)3-2-15(18(19)22)20-24-8-9-25(20)17-12-27-11-14(17)10-13-4-6-23-7-5-13;2-1-3/h2-9,14,17H,10-12H2,1H3;1H,(H,2,3)/t14-,17+;/m0./s1. The minimum Gasteiger partial charge on any atom is -0.491 e. The van der Waals surface area contributed by atoms with E-state index >= 15 is 0 Å².